The average molecular weight is 325 g/mol. The van der Waals surface area contributed by atoms with Gasteiger partial charge in [-0.1, -0.05) is 11.6 Å². The second-order valence-corrected chi connectivity index (χ2v) is 6.61. The van der Waals surface area contributed by atoms with Crippen LogP contribution in [0.15, 0.2) is 22.8 Å². The van der Waals surface area contributed by atoms with Gasteiger partial charge in [-0.15, -0.1) is 0 Å². The van der Waals surface area contributed by atoms with E-state index >= 15 is 0 Å². The van der Waals surface area contributed by atoms with Crippen LogP contribution in [0, 0.1) is 11.3 Å². The second kappa shape index (κ2) is 6.52. The van der Waals surface area contributed by atoms with Gasteiger partial charge < -0.3 is 14.0 Å². The molecule has 3 rings (SSSR count). The van der Waals surface area contributed by atoms with Crippen molar-refractivity contribution in [1.29, 1.82) is 5.26 Å². The summed E-state index contributed by atoms with van der Waals surface area (Å²) >= 11 is 0. The highest BCUT2D eigenvalue weighted by molar-refractivity contribution is 5.89. The molecule has 0 amide bonds. The Morgan fingerprint density at radius 2 is 2.04 bits per heavy atom. The van der Waals surface area contributed by atoms with E-state index in [-0.39, 0.29) is 5.56 Å². The van der Waals surface area contributed by atoms with Crippen molar-refractivity contribution >= 4 is 16.9 Å². The quantitative estimate of drug-likeness (QED) is 0.814. The molecule has 6 heteroatoms. The van der Waals surface area contributed by atoms with E-state index in [0.29, 0.717) is 23.1 Å². The van der Waals surface area contributed by atoms with Crippen molar-refractivity contribution in [2.45, 2.75) is 39.7 Å². The number of aromatic nitrogens is 3. The third kappa shape index (κ3) is 2.71. The Morgan fingerprint density at radius 1 is 1.33 bits per heavy atom. The van der Waals surface area contributed by atoms with Crippen molar-refractivity contribution in [2.75, 3.05) is 18.0 Å². The summed E-state index contributed by atoms with van der Waals surface area (Å²) in [5.74, 6) is 0.848. The number of piperidine rings is 1. The van der Waals surface area contributed by atoms with Crippen LogP contribution in [-0.2, 0) is 13.6 Å². The van der Waals surface area contributed by atoms with Gasteiger partial charge in [0, 0.05) is 26.7 Å². The van der Waals surface area contributed by atoms with Crippen LogP contribution >= 0.6 is 0 Å². The number of hydrogen-bond acceptors (Lipinski definition) is 4. The van der Waals surface area contributed by atoms with Crippen LogP contribution in [0.2, 0.25) is 0 Å². The highest BCUT2D eigenvalue weighted by Crippen LogP contribution is 2.31. The summed E-state index contributed by atoms with van der Waals surface area (Å²) in [6.07, 6.45) is 7.02. The van der Waals surface area contributed by atoms with Gasteiger partial charge in [-0.2, -0.15) is 5.26 Å². The van der Waals surface area contributed by atoms with E-state index in [0.717, 1.165) is 31.7 Å². The summed E-state index contributed by atoms with van der Waals surface area (Å²) in [7, 11) is 1.69. The number of aryl methyl sites for hydroxylation is 1. The third-order valence-corrected chi connectivity index (χ3v) is 4.54. The summed E-state index contributed by atoms with van der Waals surface area (Å²) in [6.45, 7) is 6.48. The van der Waals surface area contributed by atoms with E-state index in [9.17, 15) is 10.1 Å². The highest BCUT2D eigenvalue weighted by atomic mass is 16.1. The van der Waals surface area contributed by atoms with Crippen LogP contribution in [0.1, 0.15) is 38.7 Å². The molecule has 6 nitrogen and oxygen atoms in total. The lowest BCUT2D eigenvalue weighted by atomic mass is 10.1. The SMILES string of the molecule is CC(C)=CCn1c(N2CCCCC2)c(C#N)c2ncn(C)c(=O)c21. The van der Waals surface area contributed by atoms with Gasteiger partial charge in [0.05, 0.1) is 6.33 Å². The van der Waals surface area contributed by atoms with Gasteiger partial charge >= 0.3 is 0 Å². The molecule has 0 spiro atoms. The fraction of sp³-hybridized carbons (Fsp3) is 0.500. The lowest BCUT2D eigenvalue weighted by Gasteiger charge is -2.29. The summed E-state index contributed by atoms with van der Waals surface area (Å²) in [5, 5.41) is 9.74. The van der Waals surface area contributed by atoms with Crippen LogP contribution in [0.5, 0.6) is 0 Å². The molecule has 0 aliphatic carbocycles. The summed E-state index contributed by atoms with van der Waals surface area (Å²) < 4.78 is 3.45. The van der Waals surface area contributed by atoms with E-state index in [2.05, 4.69) is 22.0 Å². The Hall–Kier alpha value is -2.55. The van der Waals surface area contributed by atoms with E-state index < -0.39 is 0 Å². The van der Waals surface area contributed by atoms with Gasteiger partial charge in [0.1, 0.15) is 28.5 Å². The normalized spacial score (nSPS) is 14.7. The summed E-state index contributed by atoms with van der Waals surface area (Å²) in [6, 6.07) is 2.30. The molecule has 0 saturated carbocycles. The minimum absolute atomic E-state index is 0.109. The monoisotopic (exact) mass is 325 g/mol. The Bertz CT molecular complexity index is 887. The van der Waals surface area contributed by atoms with Gasteiger partial charge in [-0.05, 0) is 33.1 Å². The van der Waals surface area contributed by atoms with Gasteiger partial charge in [0.15, 0.2) is 0 Å². The van der Waals surface area contributed by atoms with Gasteiger partial charge in [-0.3, -0.25) is 4.79 Å². The Kier molecular flexibility index (Phi) is 4.43. The number of hydrogen-bond donors (Lipinski definition) is 0. The van der Waals surface area contributed by atoms with Gasteiger partial charge in [-0.25, -0.2) is 4.98 Å². The fourth-order valence-electron chi connectivity index (χ4n) is 3.29. The lowest BCUT2D eigenvalue weighted by Crippen LogP contribution is -2.32. The predicted octanol–water partition coefficient (Wildman–Crippen LogP) is 2.56. The fourth-order valence-corrected chi connectivity index (χ4v) is 3.29. The average Bonchev–Trinajstić information content (AvgIpc) is 2.91. The summed E-state index contributed by atoms with van der Waals surface area (Å²) in [5.41, 5.74) is 2.63. The molecule has 2 aromatic heterocycles. The molecule has 0 aromatic carbocycles. The zero-order chi connectivity index (χ0) is 17.3. The molecule has 0 unspecified atom stereocenters. The topological polar surface area (TPSA) is 66.8 Å². The first-order valence-electron chi connectivity index (χ1n) is 8.40. The number of fused-ring (bicyclic) bond motifs is 1. The molecule has 0 radical (unpaired) electrons. The van der Waals surface area contributed by atoms with Crippen LogP contribution < -0.4 is 10.5 Å². The van der Waals surface area contributed by atoms with Crippen molar-refractivity contribution < 1.29 is 0 Å². The number of rotatable bonds is 3. The first kappa shape index (κ1) is 16.3. The van der Waals surface area contributed by atoms with Crippen LogP contribution in [-0.4, -0.2) is 27.2 Å². The maximum Gasteiger partial charge on any atom is 0.277 e. The predicted molar refractivity (Wildman–Crippen MR) is 95.2 cm³/mol. The molecule has 3 heterocycles. The van der Waals surface area contributed by atoms with Gasteiger partial charge in [0.25, 0.3) is 5.56 Å². The maximum absolute atomic E-state index is 12.7. The van der Waals surface area contributed by atoms with Crippen molar-refractivity contribution in [3.8, 4) is 6.07 Å². The number of anilines is 1. The summed E-state index contributed by atoms with van der Waals surface area (Å²) in [4.78, 5) is 19.3. The molecule has 24 heavy (non-hydrogen) atoms. The second-order valence-electron chi connectivity index (χ2n) is 6.61. The molecule has 126 valence electrons. The number of nitrogens with zero attached hydrogens (tertiary/aromatic N) is 5. The van der Waals surface area contributed by atoms with Crippen molar-refractivity contribution in [3.05, 3.63) is 33.9 Å². The number of allylic oxidation sites excluding steroid dienone is 2. The van der Waals surface area contributed by atoms with Crippen LogP contribution in [0.25, 0.3) is 11.0 Å². The molecule has 1 fully saturated rings. The molecule has 0 N–H and O–H groups in total. The standard InChI is InChI=1S/C18H23N5O/c1-13(2)7-10-23-16-15(20-12-21(3)18(16)24)14(11-19)17(23)22-8-5-4-6-9-22/h7,12H,4-6,8-10H2,1-3H3. The minimum atomic E-state index is -0.109. The molecule has 0 bridgehead atoms. The first-order chi connectivity index (χ1) is 11.5. The van der Waals surface area contributed by atoms with Gasteiger partial charge in [0.2, 0.25) is 0 Å². The van der Waals surface area contributed by atoms with Crippen molar-refractivity contribution in [1.82, 2.24) is 14.1 Å². The first-order valence-corrected chi connectivity index (χ1v) is 8.40. The number of nitriles is 1. The third-order valence-electron chi connectivity index (χ3n) is 4.54. The maximum atomic E-state index is 12.7. The Balaban J connectivity index is 2.32. The molecular weight excluding hydrogens is 302 g/mol. The van der Waals surface area contributed by atoms with Crippen LogP contribution in [0.3, 0.4) is 0 Å². The molecule has 0 atom stereocenters. The zero-order valence-corrected chi connectivity index (χ0v) is 14.5. The highest BCUT2D eigenvalue weighted by Gasteiger charge is 2.25. The van der Waals surface area contributed by atoms with E-state index in [1.165, 1.54) is 22.9 Å². The molecule has 2 aromatic rings. The molecular formula is C18H23N5O. The van der Waals surface area contributed by atoms with Crippen LogP contribution in [0.4, 0.5) is 5.82 Å². The largest absolute Gasteiger partial charge is 0.357 e. The van der Waals surface area contributed by atoms with E-state index in [1.807, 2.05) is 18.4 Å². The Morgan fingerprint density at radius 3 is 2.67 bits per heavy atom. The molecule has 1 aliphatic heterocycles. The van der Waals surface area contributed by atoms with E-state index in [4.69, 9.17) is 0 Å². The molecule has 1 saturated heterocycles. The smallest absolute Gasteiger partial charge is 0.277 e. The van der Waals surface area contributed by atoms with E-state index in [1.54, 1.807) is 7.05 Å². The minimum Gasteiger partial charge on any atom is -0.357 e. The van der Waals surface area contributed by atoms with Crippen molar-refractivity contribution in [2.24, 2.45) is 7.05 Å². The zero-order valence-electron chi connectivity index (χ0n) is 14.5. The molecule has 1 aliphatic rings. The Labute approximate surface area is 141 Å². The lowest BCUT2D eigenvalue weighted by molar-refractivity contribution is 0.565. The van der Waals surface area contributed by atoms with Crippen molar-refractivity contribution in [3.63, 3.8) is 0 Å².